The lowest BCUT2D eigenvalue weighted by molar-refractivity contribution is -0.140. The first-order chi connectivity index (χ1) is 17.6. The van der Waals surface area contributed by atoms with Gasteiger partial charge in [-0.3, -0.25) is 13.9 Å². The summed E-state index contributed by atoms with van der Waals surface area (Å²) >= 11 is 5.96. The molecule has 0 radical (unpaired) electrons. The lowest BCUT2D eigenvalue weighted by Crippen LogP contribution is -2.49. The number of nitrogens with one attached hydrogen (secondary N) is 1. The molecule has 0 spiro atoms. The Hall–Kier alpha value is -2.79. The predicted molar refractivity (Wildman–Crippen MR) is 142 cm³/mol. The van der Waals surface area contributed by atoms with E-state index in [1.165, 1.54) is 11.0 Å². The van der Waals surface area contributed by atoms with Gasteiger partial charge in [-0.05, 0) is 62.6 Å². The number of amides is 2. The standard InChI is InChI=1S/C26H33ClF3N3O4S/c1-5-18(2)31-25(35)19(3)32(17-20-11-13-22(27)14-12-20)24(34)10-7-15-33(38(4,36)37)23-9-6-8-21(16-23)26(28,29)30/h6,8-9,11-14,16,18-19H,5,7,10,15,17H2,1-4H3,(H,31,35)/t18-,19-/m1/s1. The fourth-order valence-corrected chi connectivity index (χ4v) is 4.76. The van der Waals surface area contributed by atoms with Gasteiger partial charge >= 0.3 is 6.18 Å². The van der Waals surface area contributed by atoms with Gasteiger partial charge in [-0.1, -0.05) is 36.7 Å². The number of hydrogen-bond donors (Lipinski definition) is 1. The Morgan fingerprint density at radius 2 is 1.71 bits per heavy atom. The fraction of sp³-hybridized carbons (Fsp3) is 0.462. The molecular weight excluding hydrogens is 543 g/mol. The van der Waals surface area contributed by atoms with Crippen LogP contribution in [0.3, 0.4) is 0 Å². The topological polar surface area (TPSA) is 86.8 Å². The molecule has 0 saturated carbocycles. The van der Waals surface area contributed by atoms with Gasteiger partial charge in [0, 0.05) is 30.6 Å². The number of alkyl halides is 3. The van der Waals surface area contributed by atoms with Gasteiger partial charge in [0.15, 0.2) is 0 Å². The van der Waals surface area contributed by atoms with Crippen LogP contribution in [0.4, 0.5) is 18.9 Å². The zero-order chi connectivity index (χ0) is 28.7. The average Bonchev–Trinajstić information content (AvgIpc) is 2.84. The molecule has 2 atom stereocenters. The van der Waals surface area contributed by atoms with Gasteiger partial charge in [-0.15, -0.1) is 0 Å². The molecule has 0 aliphatic rings. The number of anilines is 1. The molecule has 0 aliphatic carbocycles. The van der Waals surface area contributed by atoms with E-state index in [9.17, 15) is 31.2 Å². The lowest BCUT2D eigenvalue weighted by Gasteiger charge is -2.30. The van der Waals surface area contributed by atoms with Crippen molar-refractivity contribution in [1.82, 2.24) is 10.2 Å². The van der Waals surface area contributed by atoms with Crippen LogP contribution in [0.5, 0.6) is 0 Å². The third kappa shape index (κ3) is 9.20. The summed E-state index contributed by atoms with van der Waals surface area (Å²) in [7, 11) is -3.93. The minimum atomic E-state index is -4.64. The number of carbonyl (C=O) groups excluding carboxylic acids is 2. The molecule has 0 bridgehead atoms. The fourth-order valence-electron chi connectivity index (χ4n) is 3.68. The number of benzene rings is 2. The number of hydrogen-bond acceptors (Lipinski definition) is 4. The zero-order valence-electron chi connectivity index (χ0n) is 21.8. The Morgan fingerprint density at radius 1 is 1.08 bits per heavy atom. The van der Waals surface area contributed by atoms with E-state index < -0.39 is 33.7 Å². The van der Waals surface area contributed by atoms with Crippen LogP contribution in [0.15, 0.2) is 48.5 Å². The van der Waals surface area contributed by atoms with Gasteiger partial charge in [0.1, 0.15) is 6.04 Å². The van der Waals surface area contributed by atoms with E-state index >= 15 is 0 Å². The van der Waals surface area contributed by atoms with Crippen molar-refractivity contribution in [3.63, 3.8) is 0 Å². The van der Waals surface area contributed by atoms with Gasteiger partial charge in [0.05, 0.1) is 17.5 Å². The Labute approximate surface area is 227 Å². The van der Waals surface area contributed by atoms with E-state index in [-0.39, 0.29) is 43.6 Å². The van der Waals surface area contributed by atoms with Crippen LogP contribution in [0.1, 0.15) is 51.2 Å². The summed E-state index contributed by atoms with van der Waals surface area (Å²) in [6.07, 6.45) is -3.13. The van der Waals surface area contributed by atoms with E-state index in [0.717, 1.165) is 34.3 Å². The van der Waals surface area contributed by atoms with E-state index in [1.807, 2.05) is 13.8 Å². The van der Waals surface area contributed by atoms with Gasteiger partial charge in [0.2, 0.25) is 21.8 Å². The van der Waals surface area contributed by atoms with Crippen LogP contribution >= 0.6 is 11.6 Å². The monoisotopic (exact) mass is 575 g/mol. The molecule has 210 valence electrons. The minimum absolute atomic E-state index is 0.0268. The highest BCUT2D eigenvalue weighted by Gasteiger charge is 2.32. The predicted octanol–water partition coefficient (Wildman–Crippen LogP) is 5.24. The van der Waals surface area contributed by atoms with Crippen molar-refractivity contribution in [2.45, 2.75) is 64.8 Å². The van der Waals surface area contributed by atoms with Crippen molar-refractivity contribution >= 4 is 39.1 Å². The summed E-state index contributed by atoms with van der Waals surface area (Å²) in [5.41, 5.74) is -0.378. The van der Waals surface area contributed by atoms with Crippen LogP contribution in [-0.2, 0) is 32.3 Å². The molecule has 2 aromatic carbocycles. The summed E-state index contributed by atoms with van der Waals surface area (Å²) in [6.45, 7) is 5.29. The lowest BCUT2D eigenvalue weighted by atomic mass is 10.1. The molecule has 2 aromatic rings. The van der Waals surface area contributed by atoms with E-state index in [1.54, 1.807) is 31.2 Å². The summed E-state index contributed by atoms with van der Waals surface area (Å²) in [5.74, 6) is -0.729. The second-order valence-electron chi connectivity index (χ2n) is 9.13. The number of carbonyl (C=O) groups is 2. The number of halogens is 4. The highest BCUT2D eigenvalue weighted by Crippen LogP contribution is 2.32. The third-order valence-corrected chi connectivity index (χ3v) is 7.49. The first-order valence-corrected chi connectivity index (χ1v) is 14.3. The number of nitrogens with zero attached hydrogens (tertiary/aromatic N) is 2. The molecular formula is C26H33ClF3N3O4S. The van der Waals surface area contributed by atoms with Gasteiger partial charge < -0.3 is 10.2 Å². The smallest absolute Gasteiger partial charge is 0.352 e. The molecule has 38 heavy (non-hydrogen) atoms. The number of sulfonamides is 1. The molecule has 7 nitrogen and oxygen atoms in total. The molecule has 0 heterocycles. The summed E-state index contributed by atoms with van der Waals surface area (Å²) in [5, 5.41) is 3.38. The maximum absolute atomic E-state index is 13.3. The molecule has 2 rings (SSSR count). The normalized spacial score (nSPS) is 13.5. The van der Waals surface area contributed by atoms with E-state index in [4.69, 9.17) is 11.6 Å². The van der Waals surface area contributed by atoms with Crippen molar-refractivity contribution in [2.75, 3.05) is 17.1 Å². The van der Waals surface area contributed by atoms with Gasteiger partial charge in [-0.2, -0.15) is 13.2 Å². The molecule has 0 fully saturated rings. The van der Waals surface area contributed by atoms with Crippen molar-refractivity contribution in [3.05, 3.63) is 64.7 Å². The maximum Gasteiger partial charge on any atom is 0.416 e. The number of rotatable bonds is 12. The Kier molecular flexibility index (Phi) is 11.0. The summed E-state index contributed by atoms with van der Waals surface area (Å²) in [6, 6.07) is 9.92. The first kappa shape index (κ1) is 31.4. The SMILES string of the molecule is CC[C@@H](C)NC(=O)[C@@H](C)N(Cc1ccc(Cl)cc1)C(=O)CCCN(c1cccc(C(F)(F)F)c1)S(C)(=O)=O. The highest BCUT2D eigenvalue weighted by molar-refractivity contribution is 7.92. The quantitative estimate of drug-likeness (QED) is 0.375. The second-order valence-corrected chi connectivity index (χ2v) is 11.5. The largest absolute Gasteiger partial charge is 0.416 e. The zero-order valence-corrected chi connectivity index (χ0v) is 23.3. The Balaban J connectivity index is 2.21. The minimum Gasteiger partial charge on any atom is -0.352 e. The van der Waals surface area contributed by atoms with Crippen molar-refractivity contribution in [3.8, 4) is 0 Å². The van der Waals surface area contributed by atoms with Gasteiger partial charge in [0.25, 0.3) is 0 Å². The highest BCUT2D eigenvalue weighted by atomic mass is 35.5. The van der Waals surface area contributed by atoms with Crippen LogP contribution < -0.4 is 9.62 Å². The molecule has 0 aliphatic heterocycles. The molecule has 0 unspecified atom stereocenters. The molecule has 2 amide bonds. The molecule has 12 heteroatoms. The Bertz CT molecular complexity index is 1210. The average molecular weight is 576 g/mol. The van der Waals surface area contributed by atoms with Crippen LogP contribution in [-0.4, -0.2) is 50.0 Å². The van der Waals surface area contributed by atoms with Gasteiger partial charge in [-0.25, -0.2) is 8.42 Å². The van der Waals surface area contributed by atoms with Crippen molar-refractivity contribution < 1.29 is 31.2 Å². The van der Waals surface area contributed by atoms with E-state index in [2.05, 4.69) is 5.32 Å². The third-order valence-electron chi connectivity index (χ3n) is 6.05. The summed E-state index contributed by atoms with van der Waals surface area (Å²) in [4.78, 5) is 27.5. The molecule has 0 aromatic heterocycles. The molecule has 1 N–H and O–H groups in total. The van der Waals surface area contributed by atoms with Crippen LogP contribution in [0.2, 0.25) is 5.02 Å². The van der Waals surface area contributed by atoms with Crippen LogP contribution in [0, 0.1) is 0 Å². The van der Waals surface area contributed by atoms with Crippen molar-refractivity contribution in [2.24, 2.45) is 0 Å². The first-order valence-electron chi connectivity index (χ1n) is 12.1. The van der Waals surface area contributed by atoms with Crippen LogP contribution in [0.25, 0.3) is 0 Å². The second kappa shape index (κ2) is 13.3. The maximum atomic E-state index is 13.3. The Morgan fingerprint density at radius 3 is 2.26 bits per heavy atom. The summed E-state index contributed by atoms with van der Waals surface area (Å²) < 4.78 is 65.1. The van der Waals surface area contributed by atoms with E-state index in [0.29, 0.717) is 11.4 Å². The van der Waals surface area contributed by atoms with Crippen molar-refractivity contribution in [1.29, 1.82) is 0 Å². The molecule has 0 saturated heterocycles.